The summed E-state index contributed by atoms with van der Waals surface area (Å²) in [5, 5.41) is 8.91. The number of carbonyl (C=O) groups is 3. The minimum absolute atomic E-state index is 0.0483. The molecule has 1 fully saturated rings. The predicted molar refractivity (Wildman–Crippen MR) is 171 cm³/mol. The van der Waals surface area contributed by atoms with Gasteiger partial charge in [-0.3, -0.25) is 0 Å². The molecule has 0 amide bonds. The Labute approximate surface area is 278 Å². The standard InChI is InChI=1S/C33H28ClN5O7S/c1-2-18-47-33-35-27(34)24-28(36-33)37-38-39(24)29-26(46-32(42)22-16-10-5-11-17-22)25(45-31(41)21-14-8-4-9-15-21)23(44-29)19-43-30(40)20-12-6-3-7-13-20/h3-17,23,25-26,29H,2,18-19H2,1H3/t23-,25-,26-,29-/m1/s1. The third kappa shape index (κ3) is 7.27. The summed E-state index contributed by atoms with van der Waals surface area (Å²) in [7, 11) is 0. The molecule has 12 nitrogen and oxygen atoms in total. The minimum atomic E-state index is -1.30. The second-order valence-corrected chi connectivity index (χ2v) is 11.8. The minimum Gasteiger partial charge on any atom is -0.459 e. The van der Waals surface area contributed by atoms with Gasteiger partial charge in [-0.2, -0.15) is 4.98 Å². The zero-order chi connectivity index (χ0) is 32.8. The highest BCUT2D eigenvalue weighted by Gasteiger charge is 2.52. The zero-order valence-corrected chi connectivity index (χ0v) is 26.5. The van der Waals surface area contributed by atoms with E-state index in [-0.39, 0.29) is 34.1 Å². The fraction of sp³-hybridized carbons (Fsp3) is 0.242. The topological polar surface area (TPSA) is 145 Å². The van der Waals surface area contributed by atoms with Crippen molar-refractivity contribution in [2.24, 2.45) is 0 Å². The Hall–Kier alpha value is -4.85. The number of hydrogen-bond donors (Lipinski definition) is 0. The molecule has 6 rings (SSSR count). The first-order valence-electron chi connectivity index (χ1n) is 14.7. The summed E-state index contributed by atoms with van der Waals surface area (Å²) in [6.07, 6.45) is -4.00. The molecule has 5 aromatic rings. The van der Waals surface area contributed by atoms with Crippen molar-refractivity contribution in [3.05, 3.63) is 113 Å². The number of fused-ring (bicyclic) bond motifs is 1. The number of ether oxygens (including phenoxy) is 4. The van der Waals surface area contributed by atoms with E-state index >= 15 is 0 Å². The lowest BCUT2D eigenvalue weighted by Gasteiger charge is -2.24. The van der Waals surface area contributed by atoms with E-state index in [2.05, 4.69) is 20.3 Å². The molecular formula is C33H28ClN5O7S. The number of aromatic nitrogens is 5. The van der Waals surface area contributed by atoms with E-state index < -0.39 is 42.4 Å². The Morgan fingerprint density at radius 3 is 1.94 bits per heavy atom. The Bertz CT molecular complexity index is 1860. The van der Waals surface area contributed by atoms with Crippen LogP contribution in [0.2, 0.25) is 5.15 Å². The summed E-state index contributed by atoms with van der Waals surface area (Å²) in [5.41, 5.74) is 1.23. The van der Waals surface area contributed by atoms with E-state index in [9.17, 15) is 14.4 Å². The molecule has 2 aromatic heterocycles. The van der Waals surface area contributed by atoms with Crippen LogP contribution in [0.1, 0.15) is 50.6 Å². The Balaban J connectivity index is 1.38. The maximum Gasteiger partial charge on any atom is 0.338 e. The molecule has 4 atom stereocenters. The van der Waals surface area contributed by atoms with Crippen LogP contribution in [0.4, 0.5) is 0 Å². The number of thioether (sulfide) groups is 1. The maximum absolute atomic E-state index is 13.4. The van der Waals surface area contributed by atoms with Crippen molar-refractivity contribution in [1.82, 2.24) is 25.0 Å². The molecule has 0 radical (unpaired) electrons. The Kier molecular flexibility index (Phi) is 10.0. The van der Waals surface area contributed by atoms with E-state index in [0.717, 1.165) is 12.2 Å². The second-order valence-electron chi connectivity index (χ2n) is 10.4. The summed E-state index contributed by atoms with van der Waals surface area (Å²) in [4.78, 5) is 48.6. The molecule has 0 N–H and O–H groups in total. The van der Waals surface area contributed by atoms with Gasteiger partial charge < -0.3 is 18.9 Å². The van der Waals surface area contributed by atoms with Gasteiger partial charge in [0.25, 0.3) is 0 Å². The Morgan fingerprint density at radius 1 is 0.809 bits per heavy atom. The van der Waals surface area contributed by atoms with Crippen LogP contribution in [0.5, 0.6) is 0 Å². The number of halogens is 1. The summed E-state index contributed by atoms with van der Waals surface area (Å²) >= 11 is 8.06. The molecule has 0 aliphatic carbocycles. The summed E-state index contributed by atoms with van der Waals surface area (Å²) in [6, 6.07) is 25.0. The molecule has 1 saturated heterocycles. The number of carbonyl (C=O) groups excluding carboxylic acids is 3. The molecule has 3 heterocycles. The van der Waals surface area contributed by atoms with Crippen molar-refractivity contribution >= 4 is 52.4 Å². The van der Waals surface area contributed by atoms with Gasteiger partial charge in [0.05, 0.1) is 16.7 Å². The van der Waals surface area contributed by atoms with Crippen LogP contribution < -0.4 is 0 Å². The van der Waals surface area contributed by atoms with Gasteiger partial charge in [0.2, 0.25) is 5.65 Å². The number of nitrogens with zero attached hydrogens (tertiary/aromatic N) is 5. The first-order valence-corrected chi connectivity index (χ1v) is 16.1. The molecule has 47 heavy (non-hydrogen) atoms. The Morgan fingerprint density at radius 2 is 1.36 bits per heavy atom. The van der Waals surface area contributed by atoms with Gasteiger partial charge in [0.1, 0.15) is 18.2 Å². The van der Waals surface area contributed by atoms with E-state index in [4.69, 9.17) is 30.5 Å². The number of esters is 3. The van der Waals surface area contributed by atoms with Crippen molar-refractivity contribution in [1.29, 1.82) is 0 Å². The lowest BCUT2D eigenvalue weighted by Crippen LogP contribution is -2.41. The van der Waals surface area contributed by atoms with Crippen molar-refractivity contribution in [2.45, 2.75) is 43.0 Å². The van der Waals surface area contributed by atoms with Crippen LogP contribution in [0, 0.1) is 0 Å². The van der Waals surface area contributed by atoms with E-state index in [1.165, 1.54) is 16.4 Å². The SMILES string of the molecule is CCCSc1nc(Cl)c2c(nnn2[C@@H]2O[C@H](COC(=O)c3ccccc3)[C@@H](OC(=O)c3ccccc3)[C@H]2OC(=O)c2ccccc2)n1. The predicted octanol–water partition coefficient (Wildman–Crippen LogP) is 5.58. The van der Waals surface area contributed by atoms with E-state index in [0.29, 0.717) is 10.7 Å². The smallest absolute Gasteiger partial charge is 0.338 e. The van der Waals surface area contributed by atoms with E-state index in [1.807, 2.05) is 6.92 Å². The van der Waals surface area contributed by atoms with Crippen molar-refractivity contribution in [3.8, 4) is 0 Å². The van der Waals surface area contributed by atoms with Crippen molar-refractivity contribution < 1.29 is 33.3 Å². The molecule has 0 unspecified atom stereocenters. The van der Waals surface area contributed by atoms with Gasteiger partial charge in [-0.15, -0.1) is 5.10 Å². The van der Waals surface area contributed by atoms with Crippen LogP contribution in [-0.4, -0.2) is 73.5 Å². The number of benzene rings is 3. The molecule has 1 aliphatic heterocycles. The quantitative estimate of drug-likeness (QED) is 0.0567. The average molecular weight is 674 g/mol. The third-order valence-electron chi connectivity index (χ3n) is 7.12. The van der Waals surface area contributed by atoms with Crippen LogP contribution in [0.25, 0.3) is 11.2 Å². The molecule has 3 aromatic carbocycles. The highest BCUT2D eigenvalue weighted by Crippen LogP contribution is 2.37. The fourth-order valence-corrected chi connectivity index (χ4v) is 5.88. The highest BCUT2D eigenvalue weighted by atomic mass is 35.5. The number of rotatable bonds is 11. The van der Waals surface area contributed by atoms with Crippen molar-refractivity contribution in [3.63, 3.8) is 0 Å². The molecule has 0 saturated carbocycles. The molecule has 0 spiro atoms. The van der Waals surface area contributed by atoms with Crippen LogP contribution in [-0.2, 0) is 18.9 Å². The summed E-state index contributed by atoms with van der Waals surface area (Å²) in [6.45, 7) is 1.68. The fourth-order valence-electron chi connectivity index (χ4n) is 4.89. The molecular weight excluding hydrogens is 646 g/mol. The first kappa shape index (κ1) is 32.1. The lowest BCUT2D eigenvalue weighted by molar-refractivity contribution is -0.0659. The normalized spacial score (nSPS) is 18.9. The van der Waals surface area contributed by atoms with E-state index in [1.54, 1.807) is 91.0 Å². The maximum atomic E-state index is 13.4. The summed E-state index contributed by atoms with van der Waals surface area (Å²) < 4.78 is 25.2. The first-order chi connectivity index (χ1) is 22.9. The van der Waals surface area contributed by atoms with Gasteiger partial charge in [-0.05, 0) is 42.8 Å². The second kappa shape index (κ2) is 14.7. The molecule has 0 bridgehead atoms. The van der Waals surface area contributed by atoms with Crippen molar-refractivity contribution in [2.75, 3.05) is 12.4 Å². The van der Waals surface area contributed by atoms with Gasteiger partial charge in [-0.1, -0.05) is 90.1 Å². The monoisotopic (exact) mass is 673 g/mol. The molecule has 14 heteroatoms. The van der Waals surface area contributed by atoms with Crippen LogP contribution in [0.15, 0.2) is 96.2 Å². The lowest BCUT2D eigenvalue weighted by atomic mass is 10.1. The van der Waals surface area contributed by atoms with Gasteiger partial charge >= 0.3 is 17.9 Å². The third-order valence-corrected chi connectivity index (χ3v) is 8.44. The van der Waals surface area contributed by atoms with Gasteiger partial charge in [-0.25, -0.2) is 24.0 Å². The zero-order valence-electron chi connectivity index (χ0n) is 25.0. The highest BCUT2D eigenvalue weighted by molar-refractivity contribution is 7.99. The summed E-state index contributed by atoms with van der Waals surface area (Å²) in [5.74, 6) is -1.26. The van der Waals surface area contributed by atoms with Crippen LogP contribution >= 0.6 is 23.4 Å². The largest absolute Gasteiger partial charge is 0.459 e. The molecule has 1 aliphatic rings. The van der Waals surface area contributed by atoms with Crippen LogP contribution in [0.3, 0.4) is 0 Å². The average Bonchev–Trinajstić information content (AvgIpc) is 3.68. The van der Waals surface area contributed by atoms with Gasteiger partial charge in [0.15, 0.2) is 28.7 Å². The number of hydrogen-bond acceptors (Lipinski definition) is 12. The van der Waals surface area contributed by atoms with Gasteiger partial charge in [0, 0.05) is 5.75 Å². The molecule has 240 valence electrons.